The largest absolute Gasteiger partial charge is 0.466 e. The number of anilines is 1. The molecule has 10 rings (SSSR count). The fourth-order valence-corrected chi connectivity index (χ4v) is 9.19. The molecule has 3 aromatic carbocycles. The number of nitrogens with zero attached hydrogens (tertiary/aromatic N) is 5. The molecule has 3 aliphatic rings. The fraction of sp³-hybridized carbons (Fsp3) is 0.250. The van der Waals surface area contributed by atoms with E-state index in [-0.39, 0.29) is 52.9 Å². The minimum Gasteiger partial charge on any atom is -0.466 e. The number of rotatable bonds is 10. The number of carbonyl (C=O) groups excluding carboxylic acids is 1. The van der Waals surface area contributed by atoms with Crippen molar-refractivity contribution in [2.75, 3.05) is 11.9 Å². The number of hydrogen-bond donors (Lipinski definition) is 2. The summed E-state index contributed by atoms with van der Waals surface area (Å²) in [5.41, 5.74) is 4.08. The second-order valence-electron chi connectivity index (χ2n) is 14.4. The minimum absolute atomic E-state index is 0.0118. The van der Waals surface area contributed by atoms with Gasteiger partial charge in [0.25, 0.3) is 0 Å². The first kappa shape index (κ1) is 34.9. The van der Waals surface area contributed by atoms with Crippen LogP contribution >= 0.6 is 11.6 Å². The number of nitrogens with one attached hydrogen (secondary N) is 2. The summed E-state index contributed by atoms with van der Waals surface area (Å²) in [6.45, 7) is 2.10. The van der Waals surface area contributed by atoms with E-state index in [9.17, 15) is 4.79 Å². The van der Waals surface area contributed by atoms with Crippen LogP contribution in [0.25, 0.3) is 33.9 Å². The Hall–Kier alpha value is -5.87. The minimum atomic E-state index is -0.944. The molecule has 55 heavy (non-hydrogen) atoms. The zero-order valence-electron chi connectivity index (χ0n) is 30.2. The van der Waals surface area contributed by atoms with Gasteiger partial charge in [-0.2, -0.15) is 0 Å². The van der Waals surface area contributed by atoms with Crippen LogP contribution in [0.4, 0.5) is 10.2 Å². The molecule has 3 aliphatic carbocycles. The van der Waals surface area contributed by atoms with Crippen molar-refractivity contribution in [3.63, 3.8) is 0 Å². The molecule has 7 aromatic rings. The van der Waals surface area contributed by atoms with Gasteiger partial charge in [0.05, 0.1) is 30.0 Å². The lowest BCUT2D eigenvalue weighted by atomic mass is 9.61. The second-order valence-corrected chi connectivity index (χ2v) is 14.7. The zero-order chi connectivity index (χ0) is 37.5. The normalized spacial score (nSPS) is 19.4. The Kier molecular flexibility index (Phi) is 9.14. The predicted molar refractivity (Wildman–Crippen MR) is 211 cm³/mol. The monoisotopic (exact) mass is 751 g/mol. The highest BCUT2D eigenvalue weighted by Crippen LogP contribution is 2.48. The lowest BCUT2D eigenvalue weighted by Gasteiger charge is -2.47. The van der Waals surface area contributed by atoms with Crippen molar-refractivity contribution in [1.29, 1.82) is 0 Å². The molecule has 3 saturated carbocycles. The van der Waals surface area contributed by atoms with E-state index in [0.29, 0.717) is 22.4 Å². The summed E-state index contributed by atoms with van der Waals surface area (Å²) in [5, 5.41) is 3.64. The maximum atomic E-state index is 16.9. The summed E-state index contributed by atoms with van der Waals surface area (Å²) in [6.07, 6.45) is 9.00. The van der Waals surface area contributed by atoms with Crippen LogP contribution in [0.1, 0.15) is 49.3 Å². The average molecular weight is 752 g/mol. The van der Waals surface area contributed by atoms with E-state index in [1.165, 1.54) is 6.20 Å². The predicted octanol–water partition coefficient (Wildman–Crippen LogP) is 9.30. The van der Waals surface area contributed by atoms with E-state index < -0.39 is 17.3 Å². The molecule has 4 aromatic heterocycles. The van der Waals surface area contributed by atoms with Crippen molar-refractivity contribution in [3.8, 4) is 22.8 Å². The molecule has 0 saturated heterocycles. The van der Waals surface area contributed by atoms with E-state index in [1.807, 2.05) is 67.7 Å². The lowest BCUT2D eigenvalue weighted by Crippen LogP contribution is -2.52. The van der Waals surface area contributed by atoms with Gasteiger partial charge in [-0.05, 0) is 73.3 Å². The maximum Gasteiger partial charge on any atom is 0.311 e. The Labute approximate surface area is 323 Å². The van der Waals surface area contributed by atoms with Crippen LogP contribution in [0.2, 0.25) is 5.15 Å². The zero-order valence-corrected chi connectivity index (χ0v) is 31.0. The van der Waals surface area contributed by atoms with Gasteiger partial charge in [0.15, 0.2) is 23.1 Å². The van der Waals surface area contributed by atoms with Crippen molar-refractivity contribution in [3.05, 3.63) is 149 Å². The molecule has 0 unspecified atom stereocenters. The molecule has 2 atom stereocenters. The number of aromatic nitrogens is 6. The lowest BCUT2D eigenvalue weighted by molar-refractivity contribution is -0.154. The molecule has 0 amide bonds. The van der Waals surface area contributed by atoms with Gasteiger partial charge in [-0.15, -0.1) is 0 Å². The van der Waals surface area contributed by atoms with Gasteiger partial charge in [0.2, 0.25) is 0 Å². The SMILES string of the molecule is CCOC(=O)[C@H]1C2CCC(CC2)[C@@H]1Nc1nc(-c2cn(C(c3ccccc3)(c3ccccc3)c3ccccc3)c3ncc(Cl)nc23)nc(-c2ccc[nH]2)c1F. The number of benzene rings is 3. The van der Waals surface area contributed by atoms with Gasteiger partial charge in [-0.25, -0.2) is 24.3 Å². The van der Waals surface area contributed by atoms with E-state index in [2.05, 4.69) is 51.3 Å². The van der Waals surface area contributed by atoms with E-state index in [4.69, 9.17) is 36.3 Å². The number of carbonyl (C=O) groups is 1. The number of halogens is 2. The third kappa shape index (κ3) is 5.96. The van der Waals surface area contributed by atoms with Gasteiger partial charge in [0, 0.05) is 18.4 Å². The third-order valence-corrected chi connectivity index (χ3v) is 11.6. The van der Waals surface area contributed by atoms with Gasteiger partial charge < -0.3 is 19.6 Å². The summed E-state index contributed by atoms with van der Waals surface area (Å²) < 4.78 is 24.5. The number of aromatic amines is 1. The molecule has 0 spiro atoms. The van der Waals surface area contributed by atoms with Gasteiger partial charge in [-0.3, -0.25) is 4.79 Å². The smallest absolute Gasteiger partial charge is 0.311 e. The Morgan fingerprint density at radius 1 is 0.873 bits per heavy atom. The average Bonchev–Trinajstić information content (AvgIpc) is 3.90. The van der Waals surface area contributed by atoms with Crippen LogP contribution in [0.15, 0.2) is 122 Å². The van der Waals surface area contributed by atoms with E-state index >= 15 is 4.39 Å². The summed E-state index contributed by atoms with van der Waals surface area (Å²) >= 11 is 6.61. The summed E-state index contributed by atoms with van der Waals surface area (Å²) in [6, 6.07) is 34.0. The first-order chi connectivity index (χ1) is 27.0. The van der Waals surface area contributed by atoms with Crippen LogP contribution in [-0.4, -0.2) is 48.1 Å². The number of esters is 1. The van der Waals surface area contributed by atoms with Crippen molar-refractivity contribution in [2.24, 2.45) is 17.8 Å². The van der Waals surface area contributed by atoms with Crippen molar-refractivity contribution < 1.29 is 13.9 Å². The topological polar surface area (TPSA) is 111 Å². The summed E-state index contributed by atoms with van der Waals surface area (Å²) in [7, 11) is 0. The highest BCUT2D eigenvalue weighted by Gasteiger charge is 2.48. The molecule has 11 heteroatoms. The molecule has 2 bridgehead atoms. The highest BCUT2D eigenvalue weighted by molar-refractivity contribution is 6.29. The van der Waals surface area contributed by atoms with E-state index in [1.54, 1.807) is 18.3 Å². The first-order valence-corrected chi connectivity index (χ1v) is 19.2. The van der Waals surface area contributed by atoms with Crippen LogP contribution in [0.3, 0.4) is 0 Å². The summed E-state index contributed by atoms with van der Waals surface area (Å²) in [4.78, 5) is 36.1. The Morgan fingerprint density at radius 3 is 2.07 bits per heavy atom. The van der Waals surface area contributed by atoms with Crippen molar-refractivity contribution >= 4 is 34.6 Å². The summed E-state index contributed by atoms with van der Waals surface area (Å²) in [5.74, 6) is -0.708. The third-order valence-electron chi connectivity index (χ3n) is 11.4. The Morgan fingerprint density at radius 2 is 1.49 bits per heavy atom. The van der Waals surface area contributed by atoms with Crippen LogP contribution in [0, 0.1) is 23.6 Å². The molecular weight excluding hydrogens is 713 g/mol. The van der Waals surface area contributed by atoms with Crippen LogP contribution in [-0.2, 0) is 15.1 Å². The quantitative estimate of drug-likeness (QED) is 0.106. The van der Waals surface area contributed by atoms with Crippen LogP contribution < -0.4 is 5.32 Å². The maximum absolute atomic E-state index is 16.9. The molecule has 0 aliphatic heterocycles. The molecule has 276 valence electrons. The van der Waals surface area contributed by atoms with E-state index in [0.717, 1.165) is 42.4 Å². The van der Waals surface area contributed by atoms with Crippen molar-refractivity contribution in [1.82, 2.24) is 29.5 Å². The molecule has 4 heterocycles. The van der Waals surface area contributed by atoms with Crippen LogP contribution in [0.5, 0.6) is 0 Å². The fourth-order valence-electron chi connectivity index (χ4n) is 9.06. The number of fused-ring (bicyclic) bond motifs is 4. The number of hydrogen-bond acceptors (Lipinski definition) is 7. The Balaban J connectivity index is 1.29. The molecule has 0 radical (unpaired) electrons. The molecule has 9 nitrogen and oxygen atoms in total. The second kappa shape index (κ2) is 14.4. The first-order valence-electron chi connectivity index (χ1n) is 18.8. The van der Waals surface area contributed by atoms with Gasteiger partial charge in [-0.1, -0.05) is 103 Å². The standard InChI is InChI=1S/C44H39ClFN7O2/c1-2-55-43(54)35-27-20-22-28(23-21-27)37(35)50-41-36(46)39(33-19-12-24-47-33)51-40(52-41)32-26-53(42-38(32)49-34(45)25-48-42)44(29-13-6-3-7-14-29,30-15-8-4-9-16-30)31-17-10-5-11-18-31/h3-19,24-28,35,37,47H,2,20-23H2,1H3,(H,50,51,52)/t27?,28?,35-,37-/m0/s1. The number of ether oxygens (including phenoxy) is 1. The molecular formula is C44H39ClFN7O2. The molecule has 2 N–H and O–H groups in total. The van der Waals surface area contributed by atoms with Gasteiger partial charge in [0.1, 0.15) is 21.9 Å². The highest BCUT2D eigenvalue weighted by atomic mass is 35.5. The van der Waals surface area contributed by atoms with Gasteiger partial charge >= 0.3 is 5.97 Å². The van der Waals surface area contributed by atoms with Crippen molar-refractivity contribution in [2.45, 2.75) is 44.2 Å². The Bertz CT molecular complexity index is 2350. The number of H-pyrrole nitrogens is 1. The molecule has 3 fully saturated rings.